The van der Waals surface area contributed by atoms with Crippen molar-refractivity contribution in [3.63, 3.8) is 0 Å². The first-order chi connectivity index (χ1) is 8.06. The van der Waals surface area contributed by atoms with Crippen molar-refractivity contribution in [1.29, 1.82) is 0 Å². The smallest absolute Gasteiger partial charge is 0.131 e. The molecule has 0 atom stereocenters. The number of aliphatic hydroxyl groups is 1. The van der Waals surface area contributed by atoms with Gasteiger partial charge in [0.2, 0.25) is 0 Å². The zero-order chi connectivity index (χ0) is 12.8. The molecule has 5 heteroatoms. The molecule has 0 fully saturated rings. The molecule has 0 aromatic carbocycles. The number of hydrogen-bond donors (Lipinski definition) is 1. The standard InChI is InChI=1S/C12H22ClN3O/c1-10-11(12(13)16(3)14-10)9-15(2)7-5-4-6-8-17/h17H,4-9H2,1-3H3. The first-order valence-corrected chi connectivity index (χ1v) is 6.41. The molecule has 0 aliphatic carbocycles. The third-order valence-electron chi connectivity index (χ3n) is 2.90. The van der Waals surface area contributed by atoms with E-state index in [0.29, 0.717) is 0 Å². The normalized spacial score (nSPS) is 11.4. The highest BCUT2D eigenvalue weighted by Gasteiger charge is 2.12. The Labute approximate surface area is 108 Å². The van der Waals surface area contributed by atoms with Crippen LogP contribution in [-0.4, -0.2) is 40.0 Å². The summed E-state index contributed by atoms with van der Waals surface area (Å²) in [4.78, 5) is 2.24. The van der Waals surface area contributed by atoms with Gasteiger partial charge in [0, 0.05) is 25.8 Å². The van der Waals surface area contributed by atoms with Crippen LogP contribution < -0.4 is 0 Å². The van der Waals surface area contributed by atoms with E-state index in [-0.39, 0.29) is 6.61 Å². The summed E-state index contributed by atoms with van der Waals surface area (Å²) < 4.78 is 1.71. The molecule has 0 unspecified atom stereocenters. The average Bonchev–Trinajstić information content (AvgIpc) is 2.52. The van der Waals surface area contributed by atoms with Crippen LogP contribution in [0.2, 0.25) is 5.15 Å². The van der Waals surface area contributed by atoms with E-state index < -0.39 is 0 Å². The Kier molecular flexibility index (Phi) is 5.95. The van der Waals surface area contributed by atoms with Crippen molar-refractivity contribution < 1.29 is 5.11 Å². The Balaban J connectivity index is 2.42. The maximum atomic E-state index is 8.70. The minimum Gasteiger partial charge on any atom is -0.396 e. The van der Waals surface area contributed by atoms with E-state index in [1.54, 1.807) is 4.68 Å². The van der Waals surface area contributed by atoms with Crippen LogP contribution in [0.4, 0.5) is 0 Å². The monoisotopic (exact) mass is 259 g/mol. The van der Waals surface area contributed by atoms with Crippen LogP contribution in [0.25, 0.3) is 0 Å². The molecule has 1 N–H and O–H groups in total. The molecule has 17 heavy (non-hydrogen) atoms. The zero-order valence-electron chi connectivity index (χ0n) is 10.9. The molecule has 0 aliphatic rings. The fourth-order valence-corrected chi connectivity index (χ4v) is 2.11. The summed E-state index contributed by atoms with van der Waals surface area (Å²) in [5.74, 6) is 0. The molecule has 1 aromatic heterocycles. The van der Waals surface area contributed by atoms with E-state index in [4.69, 9.17) is 16.7 Å². The number of halogens is 1. The second-order valence-electron chi connectivity index (χ2n) is 4.50. The quantitative estimate of drug-likeness (QED) is 0.762. The molecule has 0 bridgehead atoms. The summed E-state index contributed by atoms with van der Waals surface area (Å²) in [6.45, 7) is 4.13. The zero-order valence-corrected chi connectivity index (χ0v) is 11.7. The minimum absolute atomic E-state index is 0.289. The van der Waals surface area contributed by atoms with Crippen LogP contribution >= 0.6 is 11.6 Å². The second-order valence-corrected chi connectivity index (χ2v) is 4.86. The molecule has 0 saturated heterocycles. The van der Waals surface area contributed by atoms with E-state index in [9.17, 15) is 0 Å². The van der Waals surface area contributed by atoms with Gasteiger partial charge in [-0.3, -0.25) is 4.68 Å². The molecule has 98 valence electrons. The van der Waals surface area contributed by atoms with Crippen molar-refractivity contribution in [3.05, 3.63) is 16.4 Å². The van der Waals surface area contributed by atoms with Gasteiger partial charge in [-0.25, -0.2) is 0 Å². The summed E-state index contributed by atoms with van der Waals surface area (Å²) in [6, 6.07) is 0. The fourth-order valence-electron chi connectivity index (χ4n) is 1.87. The lowest BCUT2D eigenvalue weighted by atomic mass is 10.2. The highest BCUT2D eigenvalue weighted by atomic mass is 35.5. The summed E-state index contributed by atoms with van der Waals surface area (Å²) in [6.07, 6.45) is 3.06. The second kappa shape index (κ2) is 6.99. The van der Waals surface area contributed by atoms with Gasteiger partial charge in [-0.15, -0.1) is 0 Å². The molecule has 0 spiro atoms. The van der Waals surface area contributed by atoms with Gasteiger partial charge >= 0.3 is 0 Å². The summed E-state index contributed by atoms with van der Waals surface area (Å²) in [5, 5.41) is 13.7. The first-order valence-electron chi connectivity index (χ1n) is 6.03. The van der Waals surface area contributed by atoms with Crippen molar-refractivity contribution in [1.82, 2.24) is 14.7 Å². The lowest BCUT2D eigenvalue weighted by Gasteiger charge is -2.16. The van der Waals surface area contributed by atoms with E-state index in [1.165, 1.54) is 0 Å². The van der Waals surface area contributed by atoms with Crippen LogP contribution in [0, 0.1) is 6.92 Å². The van der Waals surface area contributed by atoms with E-state index in [0.717, 1.165) is 48.8 Å². The lowest BCUT2D eigenvalue weighted by molar-refractivity contribution is 0.271. The third kappa shape index (κ3) is 4.30. The highest BCUT2D eigenvalue weighted by molar-refractivity contribution is 6.30. The Morgan fingerprint density at radius 2 is 2.06 bits per heavy atom. The van der Waals surface area contributed by atoms with Gasteiger partial charge in [0.25, 0.3) is 0 Å². The maximum Gasteiger partial charge on any atom is 0.131 e. The Hall–Kier alpha value is -0.580. The molecule has 4 nitrogen and oxygen atoms in total. The van der Waals surface area contributed by atoms with E-state index >= 15 is 0 Å². The SMILES string of the molecule is Cc1nn(C)c(Cl)c1CN(C)CCCCCO. The van der Waals surface area contributed by atoms with Gasteiger partial charge in [-0.2, -0.15) is 5.10 Å². The predicted molar refractivity (Wildman–Crippen MR) is 70.2 cm³/mol. The fraction of sp³-hybridized carbons (Fsp3) is 0.750. The molecule has 1 rings (SSSR count). The van der Waals surface area contributed by atoms with Crippen molar-refractivity contribution in [2.45, 2.75) is 32.7 Å². The number of aryl methyl sites for hydroxylation is 2. The summed E-state index contributed by atoms with van der Waals surface area (Å²) in [7, 11) is 3.95. The molecular formula is C12H22ClN3O. The summed E-state index contributed by atoms with van der Waals surface area (Å²) >= 11 is 6.18. The van der Waals surface area contributed by atoms with E-state index in [2.05, 4.69) is 17.0 Å². The maximum absolute atomic E-state index is 8.70. The molecule has 1 heterocycles. The topological polar surface area (TPSA) is 41.3 Å². The number of unbranched alkanes of at least 4 members (excludes halogenated alkanes) is 2. The van der Waals surface area contributed by atoms with Crippen LogP contribution in [0.5, 0.6) is 0 Å². The van der Waals surface area contributed by atoms with Crippen LogP contribution in [0.3, 0.4) is 0 Å². The molecule has 0 radical (unpaired) electrons. The first kappa shape index (κ1) is 14.5. The molecule has 0 amide bonds. The van der Waals surface area contributed by atoms with Gasteiger partial charge < -0.3 is 10.0 Å². The number of hydrogen-bond acceptors (Lipinski definition) is 3. The van der Waals surface area contributed by atoms with Gasteiger partial charge in [0.15, 0.2) is 0 Å². The lowest BCUT2D eigenvalue weighted by Crippen LogP contribution is -2.19. The van der Waals surface area contributed by atoms with Crippen molar-refractivity contribution >= 4 is 11.6 Å². The Morgan fingerprint density at radius 3 is 2.59 bits per heavy atom. The molecule has 1 aromatic rings. The minimum atomic E-state index is 0.289. The van der Waals surface area contributed by atoms with Gasteiger partial charge in [-0.05, 0) is 39.8 Å². The molecule has 0 saturated carbocycles. The van der Waals surface area contributed by atoms with E-state index in [1.807, 2.05) is 14.0 Å². The van der Waals surface area contributed by atoms with Gasteiger partial charge in [0.05, 0.1) is 5.69 Å². The number of nitrogens with zero attached hydrogens (tertiary/aromatic N) is 3. The van der Waals surface area contributed by atoms with Crippen molar-refractivity contribution in [2.24, 2.45) is 7.05 Å². The van der Waals surface area contributed by atoms with Crippen LogP contribution in [0.1, 0.15) is 30.5 Å². The Bertz CT molecular complexity index is 352. The molecular weight excluding hydrogens is 238 g/mol. The average molecular weight is 260 g/mol. The largest absolute Gasteiger partial charge is 0.396 e. The number of aromatic nitrogens is 2. The number of rotatable bonds is 7. The van der Waals surface area contributed by atoms with Crippen LogP contribution in [-0.2, 0) is 13.6 Å². The van der Waals surface area contributed by atoms with Crippen molar-refractivity contribution in [2.75, 3.05) is 20.2 Å². The highest BCUT2D eigenvalue weighted by Crippen LogP contribution is 2.20. The van der Waals surface area contributed by atoms with Crippen molar-refractivity contribution in [3.8, 4) is 0 Å². The number of aliphatic hydroxyl groups excluding tert-OH is 1. The Morgan fingerprint density at radius 1 is 1.35 bits per heavy atom. The van der Waals surface area contributed by atoms with Gasteiger partial charge in [-0.1, -0.05) is 11.6 Å². The summed E-state index contributed by atoms with van der Waals surface area (Å²) in [5.41, 5.74) is 2.11. The third-order valence-corrected chi connectivity index (χ3v) is 3.37. The molecule has 0 aliphatic heterocycles. The predicted octanol–water partition coefficient (Wildman–Crippen LogP) is 1.98. The van der Waals surface area contributed by atoms with Crippen LogP contribution in [0.15, 0.2) is 0 Å². The van der Waals surface area contributed by atoms with Gasteiger partial charge in [0.1, 0.15) is 5.15 Å².